The van der Waals surface area contributed by atoms with Gasteiger partial charge in [-0.05, 0) is 61.2 Å². The van der Waals surface area contributed by atoms with Crippen LogP contribution >= 0.6 is 23.6 Å². The van der Waals surface area contributed by atoms with Crippen molar-refractivity contribution in [2.45, 2.75) is 78.2 Å². The van der Waals surface area contributed by atoms with E-state index in [1.54, 1.807) is 11.3 Å². The summed E-state index contributed by atoms with van der Waals surface area (Å²) in [5, 5.41) is 0.937. The molecule has 3 nitrogen and oxygen atoms in total. The van der Waals surface area contributed by atoms with E-state index in [0.29, 0.717) is 16.1 Å². The van der Waals surface area contributed by atoms with Crippen LogP contribution in [0.25, 0.3) is 10.2 Å². The van der Waals surface area contributed by atoms with Crippen LogP contribution in [0.4, 0.5) is 0 Å². The molecule has 2 aromatic heterocycles. The van der Waals surface area contributed by atoms with Gasteiger partial charge in [0.15, 0.2) is 4.77 Å². The van der Waals surface area contributed by atoms with Crippen molar-refractivity contribution in [3.63, 3.8) is 0 Å². The van der Waals surface area contributed by atoms with Crippen LogP contribution in [0.2, 0.25) is 0 Å². The minimum absolute atomic E-state index is 0.164. The molecule has 0 saturated heterocycles. The number of aromatic amines is 1. The maximum atomic E-state index is 13.3. The van der Waals surface area contributed by atoms with Crippen molar-refractivity contribution in [3.05, 3.63) is 25.6 Å². The second kappa shape index (κ2) is 6.34. The second-order valence-electron chi connectivity index (χ2n) is 8.91. The fourth-order valence-corrected chi connectivity index (χ4v) is 6.40. The Bertz CT molecular complexity index is 907. The van der Waals surface area contributed by atoms with Crippen LogP contribution in [0.1, 0.15) is 75.8 Å². The maximum absolute atomic E-state index is 13.3. The Morgan fingerprint density at radius 1 is 1.16 bits per heavy atom. The third-order valence-corrected chi connectivity index (χ3v) is 7.77. The van der Waals surface area contributed by atoms with E-state index in [1.165, 1.54) is 36.1 Å². The standard InChI is InChI=1S/C20H28N2OS2/c1-20(2,3)12-9-10-14-15(11-12)25-17-16(14)18(23)22(19(24)21-17)13-7-5-4-6-8-13/h12-13H,4-11H2,1-3H3,(H,21,24)/t12-/m0/s1. The second-order valence-corrected chi connectivity index (χ2v) is 10.4. The van der Waals surface area contributed by atoms with Crippen LogP contribution in [-0.4, -0.2) is 9.55 Å². The smallest absolute Gasteiger partial charge is 0.263 e. The van der Waals surface area contributed by atoms with Crippen LogP contribution < -0.4 is 5.56 Å². The SMILES string of the molecule is CC(C)(C)[C@H]1CCc2c(sc3[nH]c(=S)n(C4CCCCC4)c(=O)c23)C1. The Balaban J connectivity index is 1.83. The number of nitrogens with zero attached hydrogens (tertiary/aromatic N) is 1. The molecule has 2 aliphatic rings. The number of thiophene rings is 1. The van der Waals surface area contributed by atoms with Gasteiger partial charge in [-0.3, -0.25) is 9.36 Å². The molecule has 0 radical (unpaired) electrons. The lowest BCUT2D eigenvalue weighted by atomic mass is 9.72. The maximum Gasteiger partial charge on any atom is 0.263 e. The molecule has 1 fully saturated rings. The summed E-state index contributed by atoms with van der Waals surface area (Å²) in [6, 6.07) is 0.288. The van der Waals surface area contributed by atoms with E-state index in [-0.39, 0.29) is 11.6 Å². The van der Waals surface area contributed by atoms with E-state index < -0.39 is 0 Å². The highest BCUT2D eigenvalue weighted by molar-refractivity contribution is 7.71. The minimum Gasteiger partial charge on any atom is -0.323 e. The zero-order chi connectivity index (χ0) is 17.8. The van der Waals surface area contributed by atoms with Crippen LogP contribution in [0.15, 0.2) is 4.79 Å². The van der Waals surface area contributed by atoms with Crippen LogP contribution in [0.5, 0.6) is 0 Å². The van der Waals surface area contributed by atoms with Crippen molar-refractivity contribution in [1.82, 2.24) is 9.55 Å². The molecule has 0 bridgehead atoms. The first-order valence-corrected chi connectivity index (χ1v) is 10.9. The molecule has 0 unspecified atom stereocenters. The largest absolute Gasteiger partial charge is 0.323 e. The number of aryl methyl sites for hydroxylation is 1. The fourth-order valence-electron chi connectivity index (χ4n) is 4.68. The molecule has 5 heteroatoms. The molecule has 1 N–H and O–H groups in total. The highest BCUT2D eigenvalue weighted by Gasteiger charge is 2.32. The summed E-state index contributed by atoms with van der Waals surface area (Å²) in [5.74, 6) is 0.691. The van der Waals surface area contributed by atoms with Gasteiger partial charge in [0.25, 0.3) is 5.56 Å². The molecular formula is C20H28N2OS2. The van der Waals surface area contributed by atoms with E-state index in [2.05, 4.69) is 25.8 Å². The molecule has 0 spiro atoms. The van der Waals surface area contributed by atoms with Crippen molar-refractivity contribution in [3.8, 4) is 0 Å². The normalized spacial score (nSPS) is 22.3. The van der Waals surface area contributed by atoms with Gasteiger partial charge in [0.1, 0.15) is 4.83 Å². The summed E-state index contributed by atoms with van der Waals surface area (Å²) in [4.78, 5) is 19.2. The monoisotopic (exact) mass is 376 g/mol. The predicted molar refractivity (Wildman–Crippen MR) is 108 cm³/mol. The predicted octanol–water partition coefficient (Wildman–Crippen LogP) is 5.78. The Labute approximate surface area is 158 Å². The topological polar surface area (TPSA) is 37.8 Å². The molecule has 0 amide bonds. The summed E-state index contributed by atoms with van der Waals surface area (Å²) in [5.41, 5.74) is 1.79. The molecular weight excluding hydrogens is 348 g/mol. The molecule has 0 aliphatic heterocycles. The number of hydrogen-bond acceptors (Lipinski definition) is 3. The molecule has 2 heterocycles. The van der Waals surface area contributed by atoms with Gasteiger partial charge in [-0.2, -0.15) is 0 Å². The third kappa shape index (κ3) is 3.03. The average molecular weight is 377 g/mol. The first-order valence-electron chi connectivity index (χ1n) is 9.65. The number of nitrogens with one attached hydrogen (secondary N) is 1. The Morgan fingerprint density at radius 3 is 2.56 bits per heavy atom. The number of H-pyrrole nitrogens is 1. The van der Waals surface area contributed by atoms with E-state index in [9.17, 15) is 4.79 Å². The van der Waals surface area contributed by atoms with Gasteiger partial charge < -0.3 is 4.98 Å². The molecule has 0 aromatic carbocycles. The van der Waals surface area contributed by atoms with Gasteiger partial charge in [-0.15, -0.1) is 11.3 Å². The Kier molecular flexibility index (Phi) is 4.43. The first kappa shape index (κ1) is 17.5. The van der Waals surface area contributed by atoms with Crippen molar-refractivity contribution >= 4 is 33.8 Å². The summed E-state index contributed by atoms with van der Waals surface area (Å²) in [7, 11) is 0. The molecule has 4 rings (SSSR count). The molecule has 25 heavy (non-hydrogen) atoms. The van der Waals surface area contributed by atoms with E-state index in [0.717, 1.165) is 35.9 Å². The van der Waals surface area contributed by atoms with Gasteiger partial charge in [-0.1, -0.05) is 40.0 Å². The summed E-state index contributed by atoms with van der Waals surface area (Å²) < 4.78 is 2.52. The lowest BCUT2D eigenvalue weighted by molar-refractivity contribution is 0.218. The number of fused-ring (bicyclic) bond motifs is 3. The fraction of sp³-hybridized carbons (Fsp3) is 0.700. The molecule has 2 aliphatic carbocycles. The quantitative estimate of drug-likeness (QED) is 0.641. The molecule has 1 saturated carbocycles. The first-order chi connectivity index (χ1) is 11.9. The Morgan fingerprint density at radius 2 is 1.88 bits per heavy atom. The van der Waals surface area contributed by atoms with Crippen molar-refractivity contribution < 1.29 is 0 Å². The van der Waals surface area contributed by atoms with E-state index >= 15 is 0 Å². The van der Waals surface area contributed by atoms with Gasteiger partial charge >= 0.3 is 0 Å². The highest BCUT2D eigenvalue weighted by atomic mass is 32.1. The number of rotatable bonds is 1. The van der Waals surface area contributed by atoms with E-state index in [1.807, 2.05) is 4.57 Å². The number of aromatic nitrogens is 2. The lowest BCUT2D eigenvalue weighted by Crippen LogP contribution is -2.29. The molecule has 136 valence electrons. The van der Waals surface area contributed by atoms with E-state index in [4.69, 9.17) is 12.2 Å². The van der Waals surface area contributed by atoms with Crippen molar-refractivity contribution in [1.29, 1.82) is 0 Å². The van der Waals surface area contributed by atoms with Gasteiger partial charge in [-0.25, -0.2) is 0 Å². The van der Waals surface area contributed by atoms with Gasteiger partial charge in [0, 0.05) is 10.9 Å². The summed E-state index contributed by atoms with van der Waals surface area (Å²) in [6.45, 7) is 7.00. The zero-order valence-electron chi connectivity index (χ0n) is 15.5. The summed E-state index contributed by atoms with van der Waals surface area (Å²) in [6.07, 6.45) is 9.18. The van der Waals surface area contributed by atoms with Gasteiger partial charge in [0.2, 0.25) is 0 Å². The molecule has 1 atom stereocenters. The summed E-state index contributed by atoms with van der Waals surface area (Å²) >= 11 is 7.35. The third-order valence-electron chi connectivity index (χ3n) is 6.30. The minimum atomic E-state index is 0.164. The van der Waals surface area contributed by atoms with Crippen LogP contribution in [0.3, 0.4) is 0 Å². The van der Waals surface area contributed by atoms with Crippen LogP contribution in [0, 0.1) is 16.1 Å². The van der Waals surface area contributed by atoms with Crippen molar-refractivity contribution in [2.24, 2.45) is 11.3 Å². The molecule has 2 aromatic rings. The van der Waals surface area contributed by atoms with Crippen LogP contribution in [-0.2, 0) is 12.8 Å². The van der Waals surface area contributed by atoms with Crippen molar-refractivity contribution in [2.75, 3.05) is 0 Å². The lowest BCUT2D eigenvalue weighted by Gasteiger charge is -2.33. The van der Waals surface area contributed by atoms with Gasteiger partial charge in [0.05, 0.1) is 5.39 Å². The number of hydrogen-bond donors (Lipinski definition) is 1. The highest BCUT2D eigenvalue weighted by Crippen LogP contribution is 2.42. The Hall–Kier alpha value is -0.940. The average Bonchev–Trinajstić information content (AvgIpc) is 2.92. The zero-order valence-corrected chi connectivity index (χ0v) is 17.1.